The SMILES string of the molecule is OCCOCSSc1ccccn1. The van der Waals surface area contributed by atoms with Gasteiger partial charge in [-0.15, -0.1) is 0 Å². The second-order valence-electron chi connectivity index (χ2n) is 2.12. The Hall–Kier alpha value is -0.230. The van der Waals surface area contributed by atoms with Crippen LogP contribution in [0.2, 0.25) is 0 Å². The zero-order valence-electron chi connectivity index (χ0n) is 7.05. The van der Waals surface area contributed by atoms with Gasteiger partial charge in [0.2, 0.25) is 0 Å². The monoisotopic (exact) mass is 217 g/mol. The molecule has 0 aliphatic carbocycles. The number of nitrogens with zero attached hydrogens (tertiary/aromatic N) is 1. The minimum atomic E-state index is 0.0782. The summed E-state index contributed by atoms with van der Waals surface area (Å²) in [5.41, 5.74) is 0. The van der Waals surface area contributed by atoms with Crippen molar-refractivity contribution in [2.24, 2.45) is 0 Å². The van der Waals surface area contributed by atoms with Crippen molar-refractivity contribution in [3.8, 4) is 0 Å². The van der Waals surface area contributed by atoms with E-state index < -0.39 is 0 Å². The van der Waals surface area contributed by atoms with Crippen LogP contribution in [0.25, 0.3) is 0 Å². The lowest BCUT2D eigenvalue weighted by Gasteiger charge is -2.00. The van der Waals surface area contributed by atoms with Crippen molar-refractivity contribution < 1.29 is 9.84 Å². The third-order valence-corrected chi connectivity index (χ3v) is 3.10. The lowest BCUT2D eigenvalue weighted by atomic mass is 10.5. The highest BCUT2D eigenvalue weighted by molar-refractivity contribution is 8.76. The summed E-state index contributed by atoms with van der Waals surface area (Å²) in [6, 6.07) is 5.78. The summed E-state index contributed by atoms with van der Waals surface area (Å²) in [5, 5.41) is 9.40. The number of aliphatic hydroxyl groups excluding tert-OH is 1. The van der Waals surface area contributed by atoms with Gasteiger partial charge < -0.3 is 9.84 Å². The first kappa shape index (κ1) is 10.8. The third-order valence-electron chi connectivity index (χ3n) is 1.15. The number of rotatable bonds is 6. The molecule has 72 valence electrons. The van der Waals surface area contributed by atoms with Gasteiger partial charge in [-0.3, -0.25) is 0 Å². The van der Waals surface area contributed by atoms with E-state index in [1.807, 2.05) is 18.2 Å². The van der Waals surface area contributed by atoms with Crippen molar-refractivity contribution in [3.05, 3.63) is 24.4 Å². The van der Waals surface area contributed by atoms with E-state index >= 15 is 0 Å². The largest absolute Gasteiger partial charge is 0.394 e. The van der Waals surface area contributed by atoms with E-state index in [4.69, 9.17) is 9.84 Å². The van der Waals surface area contributed by atoms with Gasteiger partial charge in [-0.05, 0) is 22.9 Å². The molecule has 13 heavy (non-hydrogen) atoms. The highest BCUT2D eigenvalue weighted by Crippen LogP contribution is 2.28. The molecule has 3 nitrogen and oxygen atoms in total. The Bertz CT molecular complexity index is 221. The molecule has 0 spiro atoms. The fourth-order valence-corrected chi connectivity index (χ4v) is 2.24. The van der Waals surface area contributed by atoms with Gasteiger partial charge in [-0.1, -0.05) is 16.9 Å². The van der Waals surface area contributed by atoms with Crippen LogP contribution in [0.4, 0.5) is 0 Å². The van der Waals surface area contributed by atoms with Crippen LogP contribution in [0.15, 0.2) is 29.4 Å². The summed E-state index contributed by atoms with van der Waals surface area (Å²) < 4.78 is 5.07. The maximum Gasteiger partial charge on any atom is 0.107 e. The summed E-state index contributed by atoms with van der Waals surface area (Å²) in [4.78, 5) is 4.13. The molecule has 0 fully saturated rings. The molecular formula is C8H11NO2S2. The Morgan fingerprint density at radius 2 is 2.38 bits per heavy atom. The molecule has 0 aliphatic heterocycles. The fourth-order valence-electron chi connectivity index (χ4n) is 0.638. The second kappa shape index (κ2) is 7.20. The van der Waals surface area contributed by atoms with Crippen LogP contribution in [-0.4, -0.2) is 29.2 Å². The Morgan fingerprint density at radius 3 is 3.08 bits per heavy atom. The predicted molar refractivity (Wildman–Crippen MR) is 55.6 cm³/mol. The van der Waals surface area contributed by atoms with E-state index in [1.54, 1.807) is 27.8 Å². The van der Waals surface area contributed by atoms with Crippen LogP contribution >= 0.6 is 21.6 Å². The Labute approximate surface area is 85.3 Å². The number of aromatic nitrogens is 1. The van der Waals surface area contributed by atoms with Crippen LogP contribution < -0.4 is 0 Å². The second-order valence-corrected chi connectivity index (χ2v) is 4.38. The van der Waals surface area contributed by atoms with Crippen LogP contribution in [0, 0.1) is 0 Å². The Kier molecular flexibility index (Phi) is 6.01. The van der Waals surface area contributed by atoms with Gasteiger partial charge in [0, 0.05) is 6.20 Å². The minimum Gasteiger partial charge on any atom is -0.394 e. The van der Waals surface area contributed by atoms with E-state index in [0.29, 0.717) is 12.5 Å². The van der Waals surface area contributed by atoms with E-state index in [0.717, 1.165) is 5.03 Å². The predicted octanol–water partition coefficient (Wildman–Crippen LogP) is 1.79. The average Bonchev–Trinajstić information content (AvgIpc) is 2.19. The van der Waals surface area contributed by atoms with E-state index in [1.165, 1.54) is 0 Å². The summed E-state index contributed by atoms with van der Waals surface area (Å²) >= 11 is 0. The van der Waals surface area contributed by atoms with Gasteiger partial charge in [0.1, 0.15) is 11.0 Å². The maximum atomic E-state index is 8.43. The summed E-state index contributed by atoms with van der Waals surface area (Å²) in [7, 11) is 3.14. The first-order chi connectivity index (χ1) is 6.43. The zero-order chi connectivity index (χ0) is 9.36. The molecule has 1 rings (SSSR count). The molecule has 5 heteroatoms. The molecule has 1 aromatic rings. The van der Waals surface area contributed by atoms with Gasteiger partial charge in [0.25, 0.3) is 0 Å². The lowest BCUT2D eigenvalue weighted by Crippen LogP contribution is -1.96. The standard InChI is InChI=1S/C8H11NO2S2/c10-5-6-11-7-12-13-8-3-1-2-4-9-8/h1-4,10H,5-7H2. The minimum absolute atomic E-state index is 0.0782. The quantitative estimate of drug-likeness (QED) is 0.447. The Balaban J connectivity index is 2.07. The number of aliphatic hydroxyl groups is 1. The molecule has 0 atom stereocenters. The number of hydrogen-bond donors (Lipinski definition) is 1. The van der Waals surface area contributed by atoms with Crippen LogP contribution in [0.3, 0.4) is 0 Å². The maximum absolute atomic E-state index is 8.43. The highest BCUT2D eigenvalue weighted by Gasteiger charge is 1.93. The molecule has 0 radical (unpaired) electrons. The van der Waals surface area contributed by atoms with Crippen molar-refractivity contribution in [3.63, 3.8) is 0 Å². The number of ether oxygens (including phenoxy) is 1. The molecule has 0 aliphatic rings. The molecule has 0 bridgehead atoms. The summed E-state index contributed by atoms with van der Waals surface area (Å²) in [6.45, 7) is 0.477. The highest BCUT2D eigenvalue weighted by atomic mass is 33.1. The molecule has 0 amide bonds. The van der Waals surface area contributed by atoms with E-state index in [9.17, 15) is 0 Å². The zero-order valence-corrected chi connectivity index (χ0v) is 8.68. The molecule has 0 saturated carbocycles. The van der Waals surface area contributed by atoms with Gasteiger partial charge >= 0.3 is 0 Å². The van der Waals surface area contributed by atoms with Crippen molar-refractivity contribution >= 4 is 21.6 Å². The van der Waals surface area contributed by atoms with Crippen molar-refractivity contribution in [2.75, 3.05) is 19.2 Å². The topological polar surface area (TPSA) is 42.4 Å². The molecule has 0 saturated heterocycles. The van der Waals surface area contributed by atoms with E-state index in [2.05, 4.69) is 4.98 Å². The van der Waals surface area contributed by atoms with Crippen LogP contribution in [-0.2, 0) is 4.74 Å². The van der Waals surface area contributed by atoms with Crippen molar-refractivity contribution in [1.29, 1.82) is 0 Å². The molecule has 0 unspecified atom stereocenters. The number of hydrogen-bond acceptors (Lipinski definition) is 5. The summed E-state index contributed by atoms with van der Waals surface area (Å²) in [5.74, 6) is 0.571. The first-order valence-corrected chi connectivity index (χ1v) is 6.14. The fraction of sp³-hybridized carbons (Fsp3) is 0.375. The first-order valence-electron chi connectivity index (χ1n) is 3.82. The molecule has 1 heterocycles. The molecular weight excluding hydrogens is 206 g/mol. The molecule has 1 N–H and O–H groups in total. The third kappa shape index (κ3) is 5.15. The number of pyridine rings is 1. The summed E-state index contributed by atoms with van der Waals surface area (Å²) in [6.07, 6.45) is 1.76. The van der Waals surface area contributed by atoms with Gasteiger partial charge in [0.15, 0.2) is 0 Å². The van der Waals surface area contributed by atoms with Crippen LogP contribution in [0.5, 0.6) is 0 Å². The van der Waals surface area contributed by atoms with Crippen LogP contribution in [0.1, 0.15) is 0 Å². The van der Waals surface area contributed by atoms with Crippen molar-refractivity contribution in [1.82, 2.24) is 4.98 Å². The van der Waals surface area contributed by atoms with E-state index in [-0.39, 0.29) is 6.61 Å². The van der Waals surface area contributed by atoms with Gasteiger partial charge in [-0.2, -0.15) is 0 Å². The van der Waals surface area contributed by atoms with Crippen molar-refractivity contribution in [2.45, 2.75) is 5.03 Å². The average molecular weight is 217 g/mol. The molecule has 0 aromatic carbocycles. The normalized spacial score (nSPS) is 10.2. The van der Waals surface area contributed by atoms with Gasteiger partial charge in [0.05, 0.1) is 13.2 Å². The van der Waals surface area contributed by atoms with Gasteiger partial charge in [-0.25, -0.2) is 4.98 Å². The smallest absolute Gasteiger partial charge is 0.107 e. The Morgan fingerprint density at radius 1 is 1.46 bits per heavy atom. The molecule has 1 aromatic heterocycles. The lowest BCUT2D eigenvalue weighted by molar-refractivity contribution is 0.126.